The van der Waals surface area contributed by atoms with E-state index in [0.29, 0.717) is 30.3 Å². The van der Waals surface area contributed by atoms with Crippen molar-refractivity contribution in [3.8, 4) is 11.4 Å². The molecule has 0 unspecified atom stereocenters. The first-order valence-electron chi connectivity index (χ1n) is 10.8. The van der Waals surface area contributed by atoms with E-state index in [1.807, 2.05) is 41.3 Å². The first-order valence-corrected chi connectivity index (χ1v) is 10.8. The highest BCUT2D eigenvalue weighted by molar-refractivity contribution is 5.97. The van der Waals surface area contributed by atoms with Crippen molar-refractivity contribution in [2.45, 2.75) is 13.3 Å². The average molecular weight is 412 g/mol. The molecule has 1 aliphatic rings. The normalized spacial score (nSPS) is 14.2. The van der Waals surface area contributed by atoms with Gasteiger partial charge in [0.1, 0.15) is 11.3 Å². The molecule has 0 radical (unpaired) electrons. The van der Waals surface area contributed by atoms with Crippen molar-refractivity contribution in [2.24, 2.45) is 0 Å². The topological polar surface area (TPSA) is 65.1 Å². The number of hydrogen-bond donors (Lipinski definition) is 1. The van der Waals surface area contributed by atoms with E-state index in [-0.39, 0.29) is 5.91 Å². The number of nitrogens with one attached hydrogen (secondary N) is 1. The largest absolute Gasteiger partial charge is 0.368 e. The number of nitrogens with zero attached hydrogens (tertiary/aromatic N) is 4. The van der Waals surface area contributed by atoms with E-state index in [2.05, 4.69) is 51.0 Å². The van der Waals surface area contributed by atoms with Gasteiger partial charge in [0.25, 0.3) is 5.91 Å². The van der Waals surface area contributed by atoms with E-state index in [0.717, 1.165) is 30.5 Å². The molecule has 0 bridgehead atoms. The van der Waals surface area contributed by atoms with Crippen LogP contribution in [0.3, 0.4) is 0 Å². The molecule has 3 heterocycles. The Morgan fingerprint density at radius 3 is 2.52 bits per heavy atom. The maximum atomic E-state index is 13.1. The molecule has 1 amide bonds. The number of fused-ring (bicyclic) bond motifs is 1. The molecule has 6 heteroatoms. The van der Waals surface area contributed by atoms with Crippen LogP contribution in [-0.4, -0.2) is 51.9 Å². The van der Waals surface area contributed by atoms with Crippen molar-refractivity contribution in [3.05, 3.63) is 78.1 Å². The summed E-state index contributed by atoms with van der Waals surface area (Å²) >= 11 is 0. The van der Waals surface area contributed by atoms with Crippen molar-refractivity contribution in [1.29, 1.82) is 0 Å². The number of aromatic amines is 1. The summed E-state index contributed by atoms with van der Waals surface area (Å²) in [7, 11) is 0. The molecule has 1 saturated heterocycles. The fourth-order valence-corrected chi connectivity index (χ4v) is 4.20. The Kier molecular flexibility index (Phi) is 5.12. The number of carbonyl (C=O) groups is 1. The van der Waals surface area contributed by atoms with E-state index in [1.54, 1.807) is 6.20 Å². The van der Waals surface area contributed by atoms with E-state index >= 15 is 0 Å². The maximum Gasteiger partial charge on any atom is 0.270 e. The summed E-state index contributed by atoms with van der Waals surface area (Å²) in [5, 5.41) is 0.846. The molecular weight excluding hydrogens is 386 g/mol. The molecule has 2 aromatic carbocycles. The number of para-hydroxylation sites is 1. The Morgan fingerprint density at radius 1 is 1.00 bits per heavy atom. The van der Waals surface area contributed by atoms with Gasteiger partial charge in [-0.15, -0.1) is 0 Å². The number of amides is 1. The minimum absolute atomic E-state index is 0.0164. The van der Waals surface area contributed by atoms with Gasteiger partial charge in [0.15, 0.2) is 5.82 Å². The lowest BCUT2D eigenvalue weighted by Gasteiger charge is -2.36. The molecule has 31 heavy (non-hydrogen) atoms. The highest BCUT2D eigenvalue weighted by atomic mass is 16.2. The van der Waals surface area contributed by atoms with Crippen LogP contribution < -0.4 is 4.90 Å². The van der Waals surface area contributed by atoms with Crippen LogP contribution in [0.4, 0.5) is 5.69 Å². The fourth-order valence-electron chi connectivity index (χ4n) is 4.20. The van der Waals surface area contributed by atoms with Gasteiger partial charge >= 0.3 is 0 Å². The van der Waals surface area contributed by atoms with Gasteiger partial charge in [0.05, 0.1) is 0 Å². The number of H-pyrrole nitrogens is 1. The molecule has 1 fully saturated rings. The summed E-state index contributed by atoms with van der Waals surface area (Å²) in [5.74, 6) is 0.667. The zero-order valence-electron chi connectivity index (χ0n) is 17.6. The summed E-state index contributed by atoms with van der Waals surface area (Å²) in [6.07, 6.45) is 2.79. The second-order valence-corrected chi connectivity index (χ2v) is 7.81. The first kappa shape index (κ1) is 19.3. The molecule has 0 atom stereocenters. The van der Waals surface area contributed by atoms with Crippen LogP contribution in [0.25, 0.3) is 22.4 Å². The van der Waals surface area contributed by atoms with E-state index in [9.17, 15) is 4.79 Å². The third-order valence-corrected chi connectivity index (χ3v) is 5.91. The number of anilines is 1. The predicted octanol–water partition coefficient (Wildman–Crippen LogP) is 4.15. The molecule has 4 aromatic rings. The summed E-state index contributed by atoms with van der Waals surface area (Å²) in [5.41, 5.74) is 4.84. The highest BCUT2D eigenvalue weighted by Crippen LogP contribution is 2.23. The second-order valence-electron chi connectivity index (χ2n) is 7.81. The van der Waals surface area contributed by atoms with Crippen LogP contribution in [0, 0.1) is 0 Å². The summed E-state index contributed by atoms with van der Waals surface area (Å²) < 4.78 is 0. The second kappa shape index (κ2) is 8.22. The van der Waals surface area contributed by atoms with Crippen molar-refractivity contribution in [3.63, 3.8) is 0 Å². The van der Waals surface area contributed by atoms with Crippen LogP contribution in [0.1, 0.15) is 23.0 Å². The number of rotatable bonds is 4. The number of hydrogen-bond acceptors (Lipinski definition) is 4. The van der Waals surface area contributed by atoms with Crippen LogP contribution in [0.15, 0.2) is 66.9 Å². The smallest absolute Gasteiger partial charge is 0.270 e. The van der Waals surface area contributed by atoms with E-state index in [1.165, 1.54) is 11.3 Å². The van der Waals surface area contributed by atoms with Gasteiger partial charge in [0, 0.05) is 49.0 Å². The van der Waals surface area contributed by atoms with Gasteiger partial charge < -0.3 is 14.8 Å². The molecule has 2 aromatic heterocycles. The average Bonchev–Trinajstić information content (AvgIpc) is 3.28. The quantitative estimate of drug-likeness (QED) is 0.548. The zero-order chi connectivity index (χ0) is 21.2. The number of piperazine rings is 1. The van der Waals surface area contributed by atoms with Gasteiger partial charge in [-0.2, -0.15) is 0 Å². The summed E-state index contributed by atoms with van der Waals surface area (Å²) in [6.45, 7) is 5.25. The lowest BCUT2D eigenvalue weighted by atomic mass is 10.1. The molecule has 5 rings (SSSR count). The SMILES string of the molecule is CCc1ccccc1N1CCN(C(=O)c2cc3cnc(-c4ccccc4)nc3[nH]2)CC1. The van der Waals surface area contributed by atoms with Crippen LogP contribution >= 0.6 is 0 Å². The molecular formula is C25H25N5O. The zero-order valence-corrected chi connectivity index (χ0v) is 17.6. The van der Waals surface area contributed by atoms with Gasteiger partial charge in [-0.3, -0.25) is 4.79 Å². The number of benzene rings is 2. The molecule has 0 saturated carbocycles. The third kappa shape index (κ3) is 3.77. The Labute approximate surface area is 181 Å². The molecule has 0 aliphatic carbocycles. The van der Waals surface area contributed by atoms with Crippen LogP contribution in [0.5, 0.6) is 0 Å². The first-order chi connectivity index (χ1) is 15.2. The molecule has 156 valence electrons. The molecule has 1 N–H and O–H groups in total. The lowest BCUT2D eigenvalue weighted by molar-refractivity contribution is 0.0742. The monoisotopic (exact) mass is 411 g/mol. The summed E-state index contributed by atoms with van der Waals surface area (Å²) in [6, 6.07) is 20.2. The molecule has 0 spiro atoms. The van der Waals surface area contributed by atoms with E-state index in [4.69, 9.17) is 0 Å². The summed E-state index contributed by atoms with van der Waals surface area (Å²) in [4.78, 5) is 29.7. The van der Waals surface area contributed by atoms with Crippen molar-refractivity contribution >= 4 is 22.6 Å². The van der Waals surface area contributed by atoms with Crippen molar-refractivity contribution in [1.82, 2.24) is 19.9 Å². The van der Waals surface area contributed by atoms with E-state index < -0.39 is 0 Å². The Morgan fingerprint density at radius 2 is 1.74 bits per heavy atom. The van der Waals surface area contributed by atoms with Gasteiger partial charge in [0.2, 0.25) is 0 Å². The number of aryl methyl sites for hydroxylation is 1. The highest BCUT2D eigenvalue weighted by Gasteiger charge is 2.24. The molecule has 1 aliphatic heterocycles. The Balaban J connectivity index is 1.31. The van der Waals surface area contributed by atoms with Gasteiger partial charge in [-0.1, -0.05) is 55.5 Å². The van der Waals surface area contributed by atoms with Crippen LogP contribution in [0.2, 0.25) is 0 Å². The van der Waals surface area contributed by atoms with Crippen molar-refractivity contribution < 1.29 is 4.79 Å². The standard InChI is InChI=1S/C25H25N5O/c1-2-18-8-6-7-11-22(18)29-12-14-30(15-13-29)25(31)21-16-20-17-26-23(28-24(20)27-21)19-9-4-3-5-10-19/h3-11,16-17H,2,12-15H2,1H3,(H,26,27,28). The predicted molar refractivity (Wildman–Crippen MR) is 123 cm³/mol. The minimum Gasteiger partial charge on any atom is -0.368 e. The molecule has 6 nitrogen and oxygen atoms in total. The minimum atomic E-state index is 0.0164. The van der Waals surface area contributed by atoms with Crippen molar-refractivity contribution in [2.75, 3.05) is 31.1 Å². The number of carbonyl (C=O) groups excluding carboxylic acids is 1. The lowest BCUT2D eigenvalue weighted by Crippen LogP contribution is -2.49. The third-order valence-electron chi connectivity index (χ3n) is 5.91. The Hall–Kier alpha value is -3.67. The fraction of sp³-hybridized carbons (Fsp3) is 0.240. The van der Waals surface area contributed by atoms with Crippen LogP contribution in [-0.2, 0) is 6.42 Å². The maximum absolute atomic E-state index is 13.1. The van der Waals surface area contributed by atoms with Gasteiger partial charge in [-0.05, 0) is 24.1 Å². The van der Waals surface area contributed by atoms with Gasteiger partial charge in [-0.25, -0.2) is 9.97 Å². The Bertz CT molecular complexity index is 1210. The number of aromatic nitrogens is 3.